The maximum atomic E-state index is 4.42. The highest BCUT2D eigenvalue weighted by atomic mass is 79.9. The summed E-state index contributed by atoms with van der Waals surface area (Å²) in [5, 5.41) is 4.42. The fourth-order valence-corrected chi connectivity index (χ4v) is 2.64. The molecule has 0 aliphatic carbocycles. The first-order chi connectivity index (χ1) is 8.18. The lowest BCUT2D eigenvalue weighted by Crippen LogP contribution is -2.08. The lowest BCUT2D eigenvalue weighted by molar-refractivity contribution is 0.632. The van der Waals surface area contributed by atoms with Crippen LogP contribution in [0.25, 0.3) is 5.69 Å². The Kier molecular flexibility index (Phi) is 4.00. The minimum absolute atomic E-state index is 0.493. The first kappa shape index (κ1) is 12.4. The summed E-state index contributed by atoms with van der Waals surface area (Å²) in [6.45, 7) is 4.42. The zero-order valence-electron chi connectivity index (χ0n) is 10.2. The zero-order chi connectivity index (χ0) is 12.3. The molecule has 0 aliphatic rings. The molecule has 0 saturated heterocycles. The second-order valence-electron chi connectivity index (χ2n) is 4.42. The van der Waals surface area contributed by atoms with Gasteiger partial charge in [0, 0.05) is 16.7 Å². The molecule has 90 valence electrons. The molecule has 0 spiro atoms. The molecule has 0 saturated carbocycles. The van der Waals surface area contributed by atoms with Gasteiger partial charge in [0.25, 0.3) is 0 Å². The Morgan fingerprint density at radius 1 is 1.18 bits per heavy atom. The quantitative estimate of drug-likeness (QED) is 0.774. The van der Waals surface area contributed by atoms with E-state index in [0.29, 0.717) is 10.7 Å². The molecular formula is C14H17BrN2. The van der Waals surface area contributed by atoms with E-state index in [0.717, 1.165) is 12.1 Å². The number of benzene rings is 1. The third-order valence-corrected chi connectivity index (χ3v) is 3.23. The Bertz CT molecular complexity index is 462. The Hall–Kier alpha value is -1.09. The molecule has 0 amide bonds. The molecule has 2 atom stereocenters. The van der Waals surface area contributed by atoms with Gasteiger partial charge in [0.1, 0.15) is 0 Å². The Labute approximate surface area is 111 Å². The van der Waals surface area contributed by atoms with Crippen molar-refractivity contribution >= 4 is 15.9 Å². The van der Waals surface area contributed by atoms with E-state index >= 15 is 0 Å². The summed E-state index contributed by atoms with van der Waals surface area (Å²) in [7, 11) is 0. The summed E-state index contributed by atoms with van der Waals surface area (Å²) in [5.74, 6) is 0.493. The number of rotatable bonds is 4. The van der Waals surface area contributed by atoms with Crippen molar-refractivity contribution in [2.75, 3.05) is 0 Å². The van der Waals surface area contributed by atoms with E-state index in [4.69, 9.17) is 0 Å². The van der Waals surface area contributed by atoms with E-state index in [1.54, 1.807) is 0 Å². The lowest BCUT2D eigenvalue weighted by atomic mass is 10.0. The van der Waals surface area contributed by atoms with Crippen molar-refractivity contribution in [1.82, 2.24) is 9.78 Å². The van der Waals surface area contributed by atoms with Crippen LogP contribution in [-0.4, -0.2) is 14.6 Å². The third kappa shape index (κ3) is 2.97. The van der Waals surface area contributed by atoms with Crippen LogP contribution >= 0.6 is 15.9 Å². The summed E-state index contributed by atoms with van der Waals surface area (Å²) >= 11 is 3.61. The molecule has 2 aromatic rings. The van der Waals surface area contributed by atoms with Gasteiger partial charge in [-0.2, -0.15) is 5.10 Å². The minimum Gasteiger partial charge on any atom is -0.238 e. The molecule has 1 aromatic heterocycles. The molecule has 0 N–H and O–H groups in total. The Morgan fingerprint density at radius 3 is 2.53 bits per heavy atom. The number of para-hydroxylation sites is 1. The second kappa shape index (κ2) is 5.50. The van der Waals surface area contributed by atoms with Crippen molar-refractivity contribution in [3.8, 4) is 5.69 Å². The molecule has 1 aromatic carbocycles. The Balaban J connectivity index is 2.29. The van der Waals surface area contributed by atoms with Crippen LogP contribution in [0.1, 0.15) is 31.9 Å². The highest BCUT2D eigenvalue weighted by molar-refractivity contribution is 9.09. The first-order valence-electron chi connectivity index (χ1n) is 5.92. The molecule has 3 heteroatoms. The van der Waals surface area contributed by atoms with Gasteiger partial charge in [-0.05, 0) is 30.5 Å². The average molecular weight is 293 g/mol. The molecule has 2 unspecified atom stereocenters. The van der Waals surface area contributed by atoms with Crippen molar-refractivity contribution in [2.24, 2.45) is 0 Å². The van der Waals surface area contributed by atoms with Gasteiger partial charge in [-0.1, -0.05) is 48.0 Å². The molecule has 0 bridgehead atoms. The number of halogens is 1. The van der Waals surface area contributed by atoms with Gasteiger partial charge < -0.3 is 0 Å². The SMILES string of the molecule is CC(Br)CC(C)c1ccnn1-c1ccccc1. The molecule has 0 fully saturated rings. The molecular weight excluding hydrogens is 276 g/mol. The molecule has 2 rings (SSSR count). The van der Waals surface area contributed by atoms with Crippen molar-refractivity contribution in [3.05, 3.63) is 48.3 Å². The van der Waals surface area contributed by atoms with Gasteiger partial charge in [-0.25, -0.2) is 4.68 Å². The average Bonchev–Trinajstić information content (AvgIpc) is 2.78. The van der Waals surface area contributed by atoms with Crippen LogP contribution in [0, 0.1) is 0 Å². The largest absolute Gasteiger partial charge is 0.238 e. The summed E-state index contributed by atoms with van der Waals surface area (Å²) in [6, 6.07) is 12.4. The van der Waals surface area contributed by atoms with E-state index in [-0.39, 0.29) is 0 Å². The van der Waals surface area contributed by atoms with Crippen LogP contribution in [0.4, 0.5) is 0 Å². The van der Waals surface area contributed by atoms with Crippen molar-refractivity contribution in [2.45, 2.75) is 31.0 Å². The fourth-order valence-electron chi connectivity index (χ4n) is 2.08. The topological polar surface area (TPSA) is 17.8 Å². The molecule has 1 heterocycles. The van der Waals surface area contributed by atoms with E-state index in [1.165, 1.54) is 5.69 Å². The van der Waals surface area contributed by atoms with Crippen LogP contribution in [0.2, 0.25) is 0 Å². The monoisotopic (exact) mass is 292 g/mol. The van der Waals surface area contributed by atoms with Gasteiger partial charge in [0.15, 0.2) is 0 Å². The minimum atomic E-state index is 0.493. The summed E-state index contributed by atoms with van der Waals surface area (Å²) in [4.78, 5) is 0.525. The molecule has 17 heavy (non-hydrogen) atoms. The fraction of sp³-hybridized carbons (Fsp3) is 0.357. The second-order valence-corrected chi connectivity index (χ2v) is 5.98. The van der Waals surface area contributed by atoms with Gasteiger partial charge in [0.2, 0.25) is 0 Å². The van der Waals surface area contributed by atoms with Crippen molar-refractivity contribution in [1.29, 1.82) is 0 Å². The summed E-state index contributed by atoms with van der Waals surface area (Å²) in [5.41, 5.74) is 2.39. The van der Waals surface area contributed by atoms with Gasteiger partial charge in [0.05, 0.1) is 5.69 Å². The van der Waals surface area contributed by atoms with Crippen LogP contribution < -0.4 is 0 Å². The van der Waals surface area contributed by atoms with E-state index < -0.39 is 0 Å². The maximum Gasteiger partial charge on any atom is 0.0648 e. The van der Waals surface area contributed by atoms with Crippen LogP contribution in [-0.2, 0) is 0 Å². The number of alkyl halides is 1. The number of aromatic nitrogens is 2. The third-order valence-electron chi connectivity index (χ3n) is 2.86. The normalized spacial score (nSPS) is 14.5. The van der Waals surface area contributed by atoms with Crippen LogP contribution in [0.5, 0.6) is 0 Å². The number of hydrogen-bond acceptors (Lipinski definition) is 1. The van der Waals surface area contributed by atoms with E-state index in [2.05, 4.69) is 53.1 Å². The highest BCUT2D eigenvalue weighted by Crippen LogP contribution is 2.25. The summed E-state index contributed by atoms with van der Waals surface area (Å²) in [6.07, 6.45) is 2.98. The highest BCUT2D eigenvalue weighted by Gasteiger charge is 2.14. The maximum absolute atomic E-state index is 4.42. The first-order valence-corrected chi connectivity index (χ1v) is 6.83. The molecule has 0 radical (unpaired) electrons. The smallest absolute Gasteiger partial charge is 0.0648 e. The zero-order valence-corrected chi connectivity index (χ0v) is 11.8. The lowest BCUT2D eigenvalue weighted by Gasteiger charge is -2.15. The van der Waals surface area contributed by atoms with E-state index in [1.807, 2.05) is 29.1 Å². The standard InChI is InChI=1S/C14H17BrN2/c1-11(10-12(2)15)14-8-9-16-17(14)13-6-4-3-5-7-13/h3-9,11-12H,10H2,1-2H3. The number of nitrogens with zero attached hydrogens (tertiary/aromatic N) is 2. The molecule has 2 nitrogen and oxygen atoms in total. The van der Waals surface area contributed by atoms with Gasteiger partial charge in [-0.15, -0.1) is 0 Å². The van der Waals surface area contributed by atoms with Gasteiger partial charge in [-0.3, -0.25) is 0 Å². The van der Waals surface area contributed by atoms with Crippen molar-refractivity contribution < 1.29 is 0 Å². The predicted molar refractivity (Wildman–Crippen MR) is 75.0 cm³/mol. The predicted octanol–water partition coefficient (Wildman–Crippen LogP) is 4.15. The van der Waals surface area contributed by atoms with Crippen molar-refractivity contribution in [3.63, 3.8) is 0 Å². The van der Waals surface area contributed by atoms with Crippen LogP contribution in [0.3, 0.4) is 0 Å². The van der Waals surface area contributed by atoms with E-state index in [9.17, 15) is 0 Å². The molecule has 0 aliphatic heterocycles. The van der Waals surface area contributed by atoms with Gasteiger partial charge >= 0.3 is 0 Å². The Morgan fingerprint density at radius 2 is 1.88 bits per heavy atom. The van der Waals surface area contributed by atoms with Crippen LogP contribution in [0.15, 0.2) is 42.6 Å². The number of hydrogen-bond donors (Lipinski definition) is 0. The summed E-state index contributed by atoms with van der Waals surface area (Å²) < 4.78 is 2.03.